The molecule has 0 spiro atoms. The topological polar surface area (TPSA) is 317 Å². The number of anilines is 1. The van der Waals surface area contributed by atoms with Gasteiger partial charge in [-0.05, 0) is 109 Å². The Morgan fingerprint density at radius 2 is 0.865 bits per heavy atom. The van der Waals surface area contributed by atoms with Crippen molar-refractivity contribution in [1.29, 1.82) is 0 Å². The van der Waals surface area contributed by atoms with E-state index in [1.165, 1.54) is 16.7 Å². The van der Waals surface area contributed by atoms with Crippen molar-refractivity contribution in [3.05, 3.63) is 220 Å². The van der Waals surface area contributed by atoms with E-state index in [-0.39, 0.29) is 104 Å². The van der Waals surface area contributed by atoms with Gasteiger partial charge in [-0.1, -0.05) is 172 Å². The van der Waals surface area contributed by atoms with E-state index in [1.54, 1.807) is 96.1 Å². The molecule has 21 nitrogen and oxygen atoms in total. The van der Waals surface area contributed by atoms with Crippen LogP contribution in [0.5, 0.6) is 0 Å². The standard InChI is InChI=1S/C24H23N3O2.C12H15N3.2C11H12O2.C8H8O.C6H10O4.2CO2.Na.H/c1-5-29-24(28)19-14-20(18-12-7-6-8-13-18)27-23(25-19)22(17(4)26-27)21-15(2)10-9-11-16(21)3;1-7-5-4-6-8(2)10(7)11-9(3)14-15-12(11)13;2*1-2-10(12)8-11(13)9-6-4-3-5-7-9;1-7(9)8-5-3-2-4-6-8;1-3-9-5(7)6(8)10-4-2;2*2-1-3;;/h6-14H,5H2,1-4H3;4-6H,1-3H3,(H3,13,14,15);2*3-7H,2,8H2,1H3;2-6H,1H3;3-4H2,1-2H3;;;;/q;;;;;;;;+1;-1. The van der Waals surface area contributed by atoms with Gasteiger partial charge in [-0.2, -0.15) is 29.4 Å². The number of esters is 3. The third-order valence-corrected chi connectivity index (χ3v) is 13.3. The first-order valence-electron chi connectivity index (χ1n) is 30.1. The molecule has 0 unspecified atom stereocenters. The van der Waals surface area contributed by atoms with Gasteiger partial charge in [0, 0.05) is 46.4 Å². The van der Waals surface area contributed by atoms with Crippen LogP contribution in [0.3, 0.4) is 0 Å². The maximum Gasteiger partial charge on any atom is 1.00 e. The Kier molecular flexibility index (Phi) is 39.7. The predicted octanol–water partition coefficient (Wildman–Crippen LogP) is 10.2. The van der Waals surface area contributed by atoms with Crippen LogP contribution in [0.2, 0.25) is 0 Å². The van der Waals surface area contributed by atoms with Gasteiger partial charge in [0.1, 0.15) is 11.6 Å². The molecule has 3 heterocycles. The molecule has 0 saturated carbocycles. The Hall–Kier alpha value is -10.5. The Morgan fingerprint density at radius 3 is 1.20 bits per heavy atom. The SMILES string of the molecule is CC(=O)c1ccccc1.CCC(=O)CC(=O)c1ccccc1.CCC(=O)CC(=O)c1ccccc1.CCOC(=O)C(=O)OCC.CCOC(=O)c1cc(-c2ccccc2)n2nc(C)c(-c3c(C)cccc3C)c2n1.Cc1cccc(C)c1-c1c(N)n[nH]c1C.O=C=O.O=C=O.[H-].[Na+]. The second kappa shape index (κ2) is 45.7. The summed E-state index contributed by atoms with van der Waals surface area (Å²) in [5.41, 5.74) is 21.5. The van der Waals surface area contributed by atoms with Gasteiger partial charge < -0.3 is 21.4 Å². The number of nitrogens with zero attached hydrogens (tertiary/aromatic N) is 4. The average molecular weight is 1320 g/mol. The third kappa shape index (κ3) is 27.6. The van der Waals surface area contributed by atoms with Crippen molar-refractivity contribution in [2.45, 2.75) is 109 Å². The summed E-state index contributed by atoms with van der Waals surface area (Å²) in [7, 11) is 0. The van der Waals surface area contributed by atoms with E-state index in [4.69, 9.17) is 34.7 Å². The van der Waals surface area contributed by atoms with E-state index < -0.39 is 17.9 Å². The molecule has 6 aromatic carbocycles. The fraction of sp³-hybridized carbons (Fsp3) is 0.257. The van der Waals surface area contributed by atoms with Crippen molar-refractivity contribution in [3.63, 3.8) is 0 Å². The van der Waals surface area contributed by atoms with Crippen molar-refractivity contribution in [2.75, 3.05) is 25.6 Å². The van der Waals surface area contributed by atoms with E-state index in [1.807, 2.05) is 97.2 Å². The van der Waals surface area contributed by atoms with E-state index >= 15 is 0 Å². The van der Waals surface area contributed by atoms with E-state index in [0.717, 1.165) is 56.0 Å². The Morgan fingerprint density at radius 1 is 0.500 bits per heavy atom. The Bertz CT molecular complexity index is 3900. The summed E-state index contributed by atoms with van der Waals surface area (Å²) < 4.78 is 15.7. The molecule has 3 N–H and O–H groups in total. The number of aryl methyl sites for hydroxylation is 6. The number of ketones is 5. The van der Waals surface area contributed by atoms with Gasteiger partial charge in [-0.25, -0.2) is 23.9 Å². The average Bonchev–Trinajstić information content (AvgIpc) is 1.63. The van der Waals surface area contributed by atoms with Gasteiger partial charge in [-0.15, -0.1) is 0 Å². The Balaban J connectivity index is 0.00000117. The quantitative estimate of drug-likeness (QED) is 0.0227. The normalized spacial score (nSPS) is 9.50. The molecule has 3 aromatic heterocycles. The fourth-order valence-electron chi connectivity index (χ4n) is 8.83. The largest absolute Gasteiger partial charge is 1.00 e. The van der Waals surface area contributed by atoms with Gasteiger partial charge in [0.2, 0.25) is 0 Å². The number of Topliss-reactive ketones (excluding diaryl/α,β-unsaturated/α-hetero) is 5. The van der Waals surface area contributed by atoms with Crippen LogP contribution in [-0.2, 0) is 52.6 Å². The number of carbonyl (C=O) groups is 8. The minimum absolute atomic E-state index is 0. The van der Waals surface area contributed by atoms with Crippen molar-refractivity contribution < 1.29 is 103 Å². The smallest absolute Gasteiger partial charge is 1.00 e. The molecule has 498 valence electrons. The number of aromatic nitrogens is 5. The molecule has 22 heteroatoms. The number of hydrogen-bond acceptors (Lipinski definition) is 19. The zero-order valence-electron chi connectivity index (χ0n) is 57.5. The molecule has 0 radical (unpaired) electrons. The number of hydrogen-bond donors (Lipinski definition) is 2. The van der Waals surface area contributed by atoms with Crippen LogP contribution in [0.1, 0.15) is 144 Å². The molecule has 9 rings (SSSR count). The first-order chi connectivity index (χ1) is 45.4. The van der Waals surface area contributed by atoms with Crippen molar-refractivity contribution in [2.24, 2.45) is 0 Å². The van der Waals surface area contributed by atoms with Crippen LogP contribution >= 0.6 is 0 Å². The zero-order chi connectivity index (χ0) is 71.0. The number of H-pyrrole nitrogens is 1. The molecule has 0 atom stereocenters. The summed E-state index contributed by atoms with van der Waals surface area (Å²) in [5, 5.41) is 11.7. The number of nitrogen functional groups attached to an aromatic ring is 1. The number of nitrogens with two attached hydrogens (primary N) is 1. The Labute approximate surface area is 582 Å². The number of aromatic amines is 1. The van der Waals surface area contributed by atoms with Crippen LogP contribution in [-0.4, -0.2) is 104 Å². The minimum Gasteiger partial charge on any atom is -1.00 e. The van der Waals surface area contributed by atoms with Gasteiger partial charge in [-0.3, -0.25) is 29.1 Å². The van der Waals surface area contributed by atoms with Crippen LogP contribution in [0.25, 0.3) is 39.2 Å². The minimum atomic E-state index is -0.927. The monoisotopic (exact) mass is 1320 g/mol. The van der Waals surface area contributed by atoms with Gasteiger partial charge in [0.15, 0.2) is 34.5 Å². The number of rotatable bonds is 16. The number of benzene rings is 6. The predicted molar refractivity (Wildman–Crippen MR) is 359 cm³/mol. The first-order valence-corrected chi connectivity index (χ1v) is 30.1. The second-order valence-corrected chi connectivity index (χ2v) is 20.2. The summed E-state index contributed by atoms with van der Waals surface area (Å²) in [6.07, 6.45) is 1.41. The maximum atomic E-state index is 12.5. The summed E-state index contributed by atoms with van der Waals surface area (Å²) in [4.78, 5) is 126. The summed E-state index contributed by atoms with van der Waals surface area (Å²) in [6.45, 7) is 23.1. The van der Waals surface area contributed by atoms with Crippen LogP contribution in [0, 0.1) is 41.5 Å². The molecular weight excluding hydrogens is 1240 g/mol. The molecule has 9 aromatic rings. The number of nitrogens with one attached hydrogen (secondary N) is 1. The molecule has 96 heavy (non-hydrogen) atoms. The van der Waals surface area contributed by atoms with Crippen LogP contribution < -0.4 is 35.3 Å². The number of fused-ring (bicyclic) bond motifs is 1. The zero-order valence-corrected chi connectivity index (χ0v) is 58.5. The summed E-state index contributed by atoms with van der Waals surface area (Å²) >= 11 is 0. The number of ether oxygens (including phenoxy) is 3. The number of carbonyl (C=O) groups excluding carboxylic acids is 12. The molecular formula is C74H81N6NaO15. The molecule has 0 amide bonds. The maximum absolute atomic E-state index is 12.5. The molecule has 0 aliphatic heterocycles. The molecule has 0 aliphatic rings. The fourth-order valence-corrected chi connectivity index (χ4v) is 8.83. The van der Waals surface area contributed by atoms with Crippen molar-refractivity contribution in [1.82, 2.24) is 24.8 Å². The van der Waals surface area contributed by atoms with Crippen molar-refractivity contribution in [3.8, 4) is 33.5 Å². The van der Waals surface area contributed by atoms with Crippen LogP contribution in [0.4, 0.5) is 5.82 Å². The summed E-state index contributed by atoms with van der Waals surface area (Å²) in [5.74, 6) is -1.78. The van der Waals surface area contributed by atoms with Gasteiger partial charge in [0.05, 0.1) is 49.6 Å². The molecule has 0 bridgehead atoms. The van der Waals surface area contributed by atoms with Gasteiger partial charge in [0.25, 0.3) is 0 Å². The van der Waals surface area contributed by atoms with E-state index in [9.17, 15) is 38.4 Å². The van der Waals surface area contributed by atoms with E-state index in [0.29, 0.717) is 42.0 Å². The molecule has 0 saturated heterocycles. The van der Waals surface area contributed by atoms with Crippen LogP contribution in [0.15, 0.2) is 164 Å². The molecule has 0 aliphatic carbocycles. The van der Waals surface area contributed by atoms with E-state index in [2.05, 4.69) is 82.7 Å². The first kappa shape index (κ1) is 83.5. The third-order valence-electron chi connectivity index (χ3n) is 13.3. The van der Waals surface area contributed by atoms with Gasteiger partial charge >= 0.3 is 59.8 Å². The second-order valence-electron chi connectivity index (χ2n) is 20.2. The summed E-state index contributed by atoms with van der Waals surface area (Å²) in [6, 6.07) is 51.1. The molecule has 0 fully saturated rings. The van der Waals surface area contributed by atoms with Crippen molar-refractivity contribution >= 4 is 70.6 Å².